The fourth-order valence-electron chi connectivity index (χ4n) is 4.39. The quantitative estimate of drug-likeness (QED) is 0.479. The Morgan fingerprint density at radius 1 is 1.06 bits per heavy atom. The second-order valence-corrected chi connectivity index (χ2v) is 8.33. The summed E-state index contributed by atoms with van der Waals surface area (Å²) in [6.07, 6.45) is 6.03. The van der Waals surface area contributed by atoms with E-state index >= 15 is 0 Å². The number of aryl methyl sites for hydroxylation is 1. The first-order valence-electron chi connectivity index (χ1n) is 11.5. The van der Waals surface area contributed by atoms with Crippen LogP contribution in [0, 0.1) is 11.3 Å². The minimum Gasteiger partial charge on any atom is -0.493 e. The minimum atomic E-state index is 0.0274. The lowest BCUT2D eigenvalue weighted by atomic mass is 10.1. The van der Waals surface area contributed by atoms with E-state index in [-0.39, 0.29) is 5.91 Å². The van der Waals surface area contributed by atoms with Gasteiger partial charge in [0.05, 0.1) is 26.7 Å². The maximum absolute atomic E-state index is 12.8. The third-order valence-corrected chi connectivity index (χ3v) is 6.23. The van der Waals surface area contributed by atoms with Crippen molar-refractivity contribution in [1.29, 1.82) is 5.26 Å². The van der Waals surface area contributed by atoms with Crippen LogP contribution in [0.3, 0.4) is 0 Å². The van der Waals surface area contributed by atoms with Gasteiger partial charge in [-0.25, -0.2) is 0 Å². The second kappa shape index (κ2) is 10.9. The number of hydrogen-bond acceptors (Lipinski definition) is 5. The second-order valence-electron chi connectivity index (χ2n) is 8.33. The van der Waals surface area contributed by atoms with E-state index in [2.05, 4.69) is 27.7 Å². The van der Waals surface area contributed by atoms with Crippen molar-refractivity contribution in [1.82, 2.24) is 14.4 Å². The summed E-state index contributed by atoms with van der Waals surface area (Å²) < 4.78 is 12.8. The number of methoxy groups -OCH3 is 2. The van der Waals surface area contributed by atoms with Crippen LogP contribution in [0.4, 0.5) is 0 Å². The topological polar surface area (TPSA) is 70.7 Å². The van der Waals surface area contributed by atoms with E-state index in [1.807, 2.05) is 47.5 Å². The van der Waals surface area contributed by atoms with Gasteiger partial charge in [0, 0.05) is 68.0 Å². The molecule has 3 aromatic rings. The molecule has 0 N–H and O–H groups in total. The molecule has 0 aliphatic carbocycles. The van der Waals surface area contributed by atoms with E-state index in [1.54, 1.807) is 20.3 Å². The van der Waals surface area contributed by atoms with Crippen molar-refractivity contribution in [3.05, 3.63) is 65.9 Å². The summed E-state index contributed by atoms with van der Waals surface area (Å²) >= 11 is 0. The van der Waals surface area contributed by atoms with Crippen LogP contribution in [0.2, 0.25) is 0 Å². The molecular weight excluding hydrogens is 428 g/mol. The summed E-state index contributed by atoms with van der Waals surface area (Å²) in [6, 6.07) is 16.3. The van der Waals surface area contributed by atoms with Gasteiger partial charge in [-0.05, 0) is 29.8 Å². The highest BCUT2D eigenvalue weighted by Gasteiger charge is 2.20. The molecule has 2 aromatic carbocycles. The average Bonchev–Trinajstić information content (AvgIpc) is 3.24. The molecule has 4 rings (SSSR count). The number of carbonyl (C=O) groups is 1. The summed E-state index contributed by atoms with van der Waals surface area (Å²) in [5.41, 5.74) is 3.23. The highest BCUT2D eigenvalue weighted by Crippen LogP contribution is 2.28. The fraction of sp³-hybridized carbons (Fsp3) is 0.333. The van der Waals surface area contributed by atoms with Crippen molar-refractivity contribution in [2.24, 2.45) is 0 Å². The van der Waals surface area contributed by atoms with Crippen molar-refractivity contribution in [2.45, 2.75) is 19.5 Å². The Hall–Kier alpha value is -3.76. The monoisotopic (exact) mass is 458 g/mol. The molecule has 0 spiro atoms. The number of amides is 1. The van der Waals surface area contributed by atoms with Gasteiger partial charge in [-0.15, -0.1) is 0 Å². The Labute approximate surface area is 200 Å². The normalized spacial score (nSPS) is 14.4. The predicted octanol–water partition coefficient (Wildman–Crippen LogP) is 3.93. The molecule has 7 nitrogen and oxygen atoms in total. The summed E-state index contributed by atoms with van der Waals surface area (Å²) in [6.45, 7) is 4.48. The Kier molecular flexibility index (Phi) is 7.51. The average molecular weight is 459 g/mol. The lowest BCUT2D eigenvalue weighted by Crippen LogP contribution is -2.47. The van der Waals surface area contributed by atoms with E-state index in [9.17, 15) is 4.79 Å². The molecule has 0 unspecified atom stereocenters. The number of nitriles is 1. The number of para-hydroxylation sites is 1. The van der Waals surface area contributed by atoms with Gasteiger partial charge in [-0.2, -0.15) is 5.26 Å². The number of carbonyl (C=O) groups excluding carboxylic acids is 1. The van der Waals surface area contributed by atoms with Gasteiger partial charge in [0.15, 0.2) is 11.5 Å². The number of rotatable bonds is 8. The number of aromatic nitrogens is 1. The largest absolute Gasteiger partial charge is 0.493 e. The number of hydrogen-bond donors (Lipinski definition) is 0. The van der Waals surface area contributed by atoms with Crippen molar-refractivity contribution in [3.63, 3.8) is 0 Å². The standard InChI is InChI=1S/C27H30N4O3/c1-33-25-10-8-21(18-26(25)34-2)19-29-14-16-30(17-15-29)27(32)11-9-22-20-31(13-5-12-28)24-7-4-3-6-23(22)24/h3-4,6-11,18,20H,5,13-17,19H2,1-2H3/b11-9+. The maximum atomic E-state index is 12.8. The Balaban J connectivity index is 1.36. The maximum Gasteiger partial charge on any atom is 0.246 e. The Morgan fingerprint density at radius 2 is 1.82 bits per heavy atom. The van der Waals surface area contributed by atoms with Gasteiger partial charge < -0.3 is 18.9 Å². The van der Waals surface area contributed by atoms with Gasteiger partial charge in [-0.1, -0.05) is 24.3 Å². The van der Waals surface area contributed by atoms with Crippen molar-refractivity contribution < 1.29 is 14.3 Å². The highest BCUT2D eigenvalue weighted by molar-refractivity contribution is 5.96. The zero-order valence-electron chi connectivity index (χ0n) is 19.7. The molecule has 0 bridgehead atoms. The Bertz CT molecular complexity index is 1220. The first-order valence-corrected chi connectivity index (χ1v) is 11.5. The molecule has 1 aliphatic rings. The molecule has 1 aromatic heterocycles. The zero-order chi connectivity index (χ0) is 23.9. The Morgan fingerprint density at radius 3 is 2.56 bits per heavy atom. The molecule has 1 aliphatic heterocycles. The number of piperazine rings is 1. The van der Waals surface area contributed by atoms with E-state index < -0.39 is 0 Å². The highest BCUT2D eigenvalue weighted by atomic mass is 16.5. The molecule has 1 fully saturated rings. The first-order chi connectivity index (χ1) is 16.6. The molecule has 0 atom stereocenters. The van der Waals surface area contributed by atoms with Crippen LogP contribution in [0.25, 0.3) is 17.0 Å². The number of nitrogens with zero attached hydrogens (tertiary/aromatic N) is 4. The zero-order valence-corrected chi connectivity index (χ0v) is 19.7. The predicted molar refractivity (Wildman–Crippen MR) is 133 cm³/mol. The molecule has 0 radical (unpaired) electrons. The molecule has 1 saturated heterocycles. The van der Waals surface area contributed by atoms with Gasteiger partial charge in [-0.3, -0.25) is 9.69 Å². The first kappa shape index (κ1) is 23.4. The summed E-state index contributed by atoms with van der Waals surface area (Å²) in [7, 11) is 3.28. The molecule has 1 amide bonds. The van der Waals surface area contributed by atoms with Crippen molar-refractivity contribution in [3.8, 4) is 17.6 Å². The SMILES string of the molecule is COc1ccc(CN2CCN(C(=O)/C=C/c3cn(CCC#N)c4ccccc34)CC2)cc1OC. The number of benzene rings is 2. The van der Waals surface area contributed by atoms with E-state index in [1.165, 1.54) is 0 Å². The van der Waals surface area contributed by atoms with Crippen molar-refractivity contribution in [2.75, 3.05) is 40.4 Å². The van der Waals surface area contributed by atoms with Gasteiger partial charge in [0.25, 0.3) is 0 Å². The summed E-state index contributed by atoms with van der Waals surface area (Å²) in [5.74, 6) is 1.48. The van der Waals surface area contributed by atoms with Crippen LogP contribution in [-0.2, 0) is 17.9 Å². The molecule has 34 heavy (non-hydrogen) atoms. The number of fused-ring (bicyclic) bond motifs is 1. The van der Waals surface area contributed by atoms with Gasteiger partial charge >= 0.3 is 0 Å². The van der Waals surface area contributed by atoms with Crippen LogP contribution in [0.1, 0.15) is 17.5 Å². The van der Waals surface area contributed by atoms with Gasteiger partial charge in [0.2, 0.25) is 5.91 Å². The molecule has 0 saturated carbocycles. The molecular formula is C27H30N4O3. The van der Waals surface area contributed by atoms with Crippen LogP contribution >= 0.6 is 0 Å². The summed E-state index contributed by atoms with van der Waals surface area (Å²) in [5, 5.41) is 10.0. The van der Waals surface area contributed by atoms with Crippen LogP contribution in [0.5, 0.6) is 11.5 Å². The molecule has 2 heterocycles. The third kappa shape index (κ3) is 5.24. The van der Waals surface area contributed by atoms with E-state index in [0.717, 1.165) is 53.2 Å². The van der Waals surface area contributed by atoms with E-state index in [0.29, 0.717) is 26.1 Å². The number of ether oxygens (including phenoxy) is 2. The van der Waals surface area contributed by atoms with Crippen LogP contribution in [-0.4, -0.2) is 60.7 Å². The fourth-order valence-corrected chi connectivity index (χ4v) is 4.39. The molecule has 7 heteroatoms. The minimum absolute atomic E-state index is 0.0274. The lowest BCUT2D eigenvalue weighted by molar-refractivity contribution is -0.127. The van der Waals surface area contributed by atoms with E-state index in [4.69, 9.17) is 14.7 Å². The van der Waals surface area contributed by atoms with Crippen LogP contribution in [0.15, 0.2) is 54.7 Å². The summed E-state index contributed by atoms with van der Waals surface area (Å²) in [4.78, 5) is 17.1. The van der Waals surface area contributed by atoms with Crippen LogP contribution < -0.4 is 9.47 Å². The van der Waals surface area contributed by atoms with Gasteiger partial charge in [0.1, 0.15) is 0 Å². The smallest absolute Gasteiger partial charge is 0.246 e. The lowest BCUT2D eigenvalue weighted by Gasteiger charge is -2.34. The third-order valence-electron chi connectivity index (χ3n) is 6.23. The van der Waals surface area contributed by atoms with Crippen molar-refractivity contribution >= 4 is 22.9 Å². The molecule has 176 valence electrons.